The van der Waals surface area contributed by atoms with E-state index in [0.29, 0.717) is 17.6 Å². The van der Waals surface area contributed by atoms with E-state index in [-0.39, 0.29) is 11.1 Å². The number of fused-ring (bicyclic) bond motifs is 2. The maximum absolute atomic E-state index is 2.99. The lowest BCUT2D eigenvalue weighted by Crippen LogP contribution is -2.62. The molecule has 4 saturated heterocycles. The summed E-state index contributed by atoms with van der Waals surface area (Å²) in [5, 5.41) is 0. The Hall–Kier alpha value is -0.160. The van der Waals surface area contributed by atoms with Gasteiger partial charge in [0.05, 0.1) is 0 Å². The van der Waals surface area contributed by atoms with Gasteiger partial charge in [-0.05, 0) is 120 Å². The zero-order valence-corrected chi connectivity index (χ0v) is 23.8. The van der Waals surface area contributed by atoms with E-state index in [1.54, 1.807) is 0 Å². The van der Waals surface area contributed by atoms with Gasteiger partial charge < -0.3 is 0 Å². The summed E-state index contributed by atoms with van der Waals surface area (Å²) in [5.74, 6) is 1.73. The van der Waals surface area contributed by atoms with Gasteiger partial charge in [-0.2, -0.15) is 0 Å². The first-order valence-corrected chi connectivity index (χ1v) is 14.2. The van der Waals surface area contributed by atoms with Crippen LogP contribution in [-0.2, 0) is 0 Å². The van der Waals surface area contributed by atoms with Gasteiger partial charge in [0.25, 0.3) is 0 Å². The molecule has 0 bridgehead atoms. The fourth-order valence-electron chi connectivity index (χ4n) is 8.21. The number of hydrogen-bond donors (Lipinski definition) is 0. The van der Waals surface area contributed by atoms with Crippen molar-refractivity contribution < 1.29 is 0 Å². The molecular formula is C29H56N4. The summed E-state index contributed by atoms with van der Waals surface area (Å²) in [6, 6.07) is 2.92. The standard InChI is InChI=1S/C29H56N4/c1-21(2)30-18-22-11-12-24(33(26(22)20-30)28(6,7)8)17-29(9,10)32-16-13-23-19-31(27(3,4)5)15-14-25(23)32/h21-26H,11-20H2,1-10H3. The van der Waals surface area contributed by atoms with E-state index in [1.165, 1.54) is 64.8 Å². The fourth-order valence-corrected chi connectivity index (χ4v) is 8.21. The second-order valence-corrected chi connectivity index (χ2v) is 14.9. The summed E-state index contributed by atoms with van der Waals surface area (Å²) in [7, 11) is 0. The molecule has 0 spiro atoms. The van der Waals surface area contributed by atoms with Crippen LogP contribution in [-0.4, -0.2) is 93.1 Å². The second-order valence-electron chi connectivity index (χ2n) is 14.9. The molecule has 0 radical (unpaired) electrons. The van der Waals surface area contributed by atoms with Crippen LogP contribution in [0, 0.1) is 11.8 Å². The lowest BCUT2D eigenvalue weighted by atomic mass is 9.78. The van der Waals surface area contributed by atoms with Gasteiger partial charge in [-0.1, -0.05) is 0 Å². The highest BCUT2D eigenvalue weighted by atomic mass is 15.3. The number of piperidine rings is 2. The van der Waals surface area contributed by atoms with E-state index in [4.69, 9.17) is 0 Å². The van der Waals surface area contributed by atoms with Crippen LogP contribution in [0.2, 0.25) is 0 Å². The second kappa shape index (κ2) is 9.05. The summed E-state index contributed by atoms with van der Waals surface area (Å²) < 4.78 is 0. The van der Waals surface area contributed by atoms with Crippen molar-refractivity contribution in [3.05, 3.63) is 0 Å². The van der Waals surface area contributed by atoms with Gasteiger partial charge in [-0.25, -0.2) is 0 Å². The lowest BCUT2D eigenvalue weighted by Gasteiger charge is -2.54. The molecule has 5 unspecified atom stereocenters. The Morgan fingerprint density at radius 2 is 1.36 bits per heavy atom. The minimum Gasteiger partial charge on any atom is -0.299 e. The van der Waals surface area contributed by atoms with Gasteiger partial charge in [0.1, 0.15) is 0 Å². The third-order valence-electron chi connectivity index (χ3n) is 9.86. The van der Waals surface area contributed by atoms with Crippen LogP contribution in [0.15, 0.2) is 0 Å². The van der Waals surface area contributed by atoms with Gasteiger partial charge >= 0.3 is 0 Å². The first kappa shape index (κ1) is 25.9. The average molecular weight is 461 g/mol. The zero-order valence-electron chi connectivity index (χ0n) is 23.8. The Bertz CT molecular complexity index is 672. The van der Waals surface area contributed by atoms with Gasteiger partial charge in [0.15, 0.2) is 0 Å². The van der Waals surface area contributed by atoms with E-state index in [9.17, 15) is 0 Å². The number of likely N-dealkylation sites (tertiary alicyclic amines) is 4. The van der Waals surface area contributed by atoms with E-state index in [2.05, 4.69) is 88.8 Å². The van der Waals surface area contributed by atoms with Crippen molar-refractivity contribution in [3.63, 3.8) is 0 Å². The van der Waals surface area contributed by atoms with Crippen LogP contribution in [0.4, 0.5) is 0 Å². The average Bonchev–Trinajstić information content (AvgIpc) is 3.29. The first-order valence-electron chi connectivity index (χ1n) is 14.2. The molecule has 33 heavy (non-hydrogen) atoms. The summed E-state index contributed by atoms with van der Waals surface area (Å²) in [5.41, 5.74) is 0.828. The van der Waals surface area contributed by atoms with Crippen molar-refractivity contribution in [2.24, 2.45) is 11.8 Å². The Morgan fingerprint density at radius 1 is 0.697 bits per heavy atom. The van der Waals surface area contributed by atoms with Gasteiger partial charge in [0, 0.05) is 67.0 Å². The van der Waals surface area contributed by atoms with Crippen molar-refractivity contribution >= 4 is 0 Å². The normalized spacial score (nSPS) is 35.9. The fraction of sp³-hybridized carbons (Fsp3) is 1.00. The third-order valence-corrected chi connectivity index (χ3v) is 9.86. The Morgan fingerprint density at radius 3 is 1.97 bits per heavy atom. The van der Waals surface area contributed by atoms with Gasteiger partial charge in [0.2, 0.25) is 0 Å². The molecule has 0 aromatic rings. The zero-order chi connectivity index (χ0) is 24.3. The topological polar surface area (TPSA) is 13.0 Å². The monoisotopic (exact) mass is 460 g/mol. The molecular weight excluding hydrogens is 404 g/mol. The highest BCUT2D eigenvalue weighted by Crippen LogP contribution is 2.44. The third kappa shape index (κ3) is 5.20. The molecule has 4 heteroatoms. The van der Waals surface area contributed by atoms with Crippen LogP contribution in [0.5, 0.6) is 0 Å². The molecule has 0 aromatic heterocycles. The molecule has 5 atom stereocenters. The SMILES string of the molecule is CC(C)N1CC2CCC(CC(C)(C)N3CCC4CN(C(C)(C)C)CCC43)N(C(C)(C)C)C2C1. The summed E-state index contributed by atoms with van der Waals surface area (Å²) in [6.45, 7) is 31.0. The molecule has 4 rings (SSSR count). The Kier molecular flexibility index (Phi) is 7.11. The predicted octanol–water partition coefficient (Wildman–Crippen LogP) is 5.32. The van der Waals surface area contributed by atoms with E-state index in [1.807, 2.05) is 0 Å². The molecule has 4 aliphatic heterocycles. The molecule has 4 fully saturated rings. The molecule has 192 valence electrons. The lowest BCUT2D eigenvalue weighted by molar-refractivity contribution is -0.0462. The molecule has 0 saturated carbocycles. The number of rotatable bonds is 4. The van der Waals surface area contributed by atoms with Crippen LogP contribution < -0.4 is 0 Å². The summed E-state index contributed by atoms with van der Waals surface area (Å²) in [6.07, 6.45) is 6.87. The van der Waals surface area contributed by atoms with Crippen LogP contribution in [0.3, 0.4) is 0 Å². The quantitative estimate of drug-likeness (QED) is 0.563. The molecule has 0 N–H and O–H groups in total. The smallest absolute Gasteiger partial charge is 0.0271 e. The molecule has 0 amide bonds. The minimum atomic E-state index is 0.239. The number of nitrogens with zero attached hydrogens (tertiary/aromatic N) is 4. The van der Waals surface area contributed by atoms with Crippen molar-refractivity contribution in [2.45, 2.75) is 142 Å². The summed E-state index contributed by atoms with van der Waals surface area (Å²) in [4.78, 5) is 11.4. The highest BCUT2D eigenvalue weighted by Gasteiger charge is 2.50. The van der Waals surface area contributed by atoms with Crippen LogP contribution in [0.25, 0.3) is 0 Å². The maximum atomic E-state index is 2.99. The Labute approximate surface area is 206 Å². The van der Waals surface area contributed by atoms with Crippen molar-refractivity contribution in [3.8, 4) is 0 Å². The largest absolute Gasteiger partial charge is 0.299 e. The van der Waals surface area contributed by atoms with Gasteiger partial charge in [-0.15, -0.1) is 0 Å². The molecule has 4 nitrogen and oxygen atoms in total. The highest BCUT2D eigenvalue weighted by molar-refractivity contribution is 5.06. The van der Waals surface area contributed by atoms with E-state index < -0.39 is 0 Å². The molecule has 0 aromatic carbocycles. The molecule has 4 heterocycles. The van der Waals surface area contributed by atoms with Crippen molar-refractivity contribution in [1.82, 2.24) is 19.6 Å². The summed E-state index contributed by atoms with van der Waals surface area (Å²) >= 11 is 0. The van der Waals surface area contributed by atoms with Crippen molar-refractivity contribution in [2.75, 3.05) is 32.7 Å². The number of hydrogen-bond acceptors (Lipinski definition) is 4. The molecule has 0 aliphatic carbocycles. The maximum Gasteiger partial charge on any atom is 0.0271 e. The Balaban J connectivity index is 1.47. The first-order chi connectivity index (χ1) is 15.2. The van der Waals surface area contributed by atoms with Crippen molar-refractivity contribution in [1.29, 1.82) is 0 Å². The van der Waals surface area contributed by atoms with Gasteiger partial charge in [-0.3, -0.25) is 19.6 Å². The predicted molar refractivity (Wildman–Crippen MR) is 142 cm³/mol. The van der Waals surface area contributed by atoms with Crippen LogP contribution in [0.1, 0.15) is 101 Å². The molecule has 4 aliphatic rings. The van der Waals surface area contributed by atoms with Crippen LogP contribution >= 0.6 is 0 Å². The van der Waals surface area contributed by atoms with E-state index in [0.717, 1.165) is 23.9 Å². The minimum absolute atomic E-state index is 0.239. The van der Waals surface area contributed by atoms with E-state index >= 15 is 0 Å².